The molecule has 1 aliphatic rings. The summed E-state index contributed by atoms with van der Waals surface area (Å²) in [5.41, 5.74) is -3.45. The van der Waals surface area contributed by atoms with Gasteiger partial charge in [0, 0.05) is 17.0 Å². The van der Waals surface area contributed by atoms with Crippen LogP contribution in [0, 0.1) is 10.8 Å². The predicted octanol–water partition coefficient (Wildman–Crippen LogP) is 5.19. The fraction of sp³-hybridized carbons (Fsp3) is 0.538. The molecular formula is C13H13ClF6N2. The van der Waals surface area contributed by atoms with Gasteiger partial charge in [-0.05, 0) is 37.3 Å². The van der Waals surface area contributed by atoms with Crippen LogP contribution >= 0.6 is 11.6 Å². The minimum Gasteiger partial charge on any atom is -0.308 e. The lowest BCUT2D eigenvalue weighted by Crippen LogP contribution is -2.24. The maximum absolute atomic E-state index is 12.9. The van der Waals surface area contributed by atoms with Gasteiger partial charge in [0.1, 0.15) is 0 Å². The van der Waals surface area contributed by atoms with Gasteiger partial charge < -0.3 is 10.8 Å². The highest BCUT2D eigenvalue weighted by Gasteiger charge is 2.42. The molecule has 0 aliphatic heterocycles. The van der Waals surface area contributed by atoms with Gasteiger partial charge in [-0.2, -0.15) is 26.3 Å². The van der Waals surface area contributed by atoms with Gasteiger partial charge in [-0.1, -0.05) is 0 Å². The average Bonchev–Trinajstić information content (AvgIpc) is 2.41. The van der Waals surface area contributed by atoms with Gasteiger partial charge in [-0.3, -0.25) is 0 Å². The van der Waals surface area contributed by atoms with Crippen LogP contribution in [0.25, 0.3) is 0 Å². The quantitative estimate of drug-likeness (QED) is 0.391. The summed E-state index contributed by atoms with van der Waals surface area (Å²) in [6.07, 6.45) is -10.9. The first-order valence-corrected chi connectivity index (χ1v) is 6.78. The van der Waals surface area contributed by atoms with Gasteiger partial charge in [-0.15, -0.1) is 11.6 Å². The molecule has 0 aromatic carbocycles. The molecule has 1 aliphatic carbocycles. The second-order valence-corrected chi connectivity index (χ2v) is 5.04. The third-order valence-corrected chi connectivity index (χ3v) is 3.48. The Kier molecular flexibility index (Phi) is 5.83. The van der Waals surface area contributed by atoms with Crippen LogP contribution < -0.4 is 0 Å². The van der Waals surface area contributed by atoms with E-state index in [4.69, 9.17) is 22.4 Å². The molecule has 0 amide bonds. The van der Waals surface area contributed by atoms with Gasteiger partial charge in [0.05, 0.1) is 11.5 Å². The Morgan fingerprint density at radius 3 is 2.05 bits per heavy atom. The van der Waals surface area contributed by atoms with E-state index in [9.17, 15) is 26.3 Å². The fourth-order valence-electron chi connectivity index (χ4n) is 2.01. The molecule has 0 aromatic heterocycles. The van der Waals surface area contributed by atoms with E-state index in [0.29, 0.717) is 0 Å². The van der Waals surface area contributed by atoms with Crippen molar-refractivity contribution in [1.29, 1.82) is 10.8 Å². The smallest absolute Gasteiger partial charge is 0.308 e. The molecule has 2 N–H and O–H groups in total. The van der Waals surface area contributed by atoms with Crippen LogP contribution in [0.4, 0.5) is 26.3 Å². The van der Waals surface area contributed by atoms with Crippen LogP contribution in [0.15, 0.2) is 22.8 Å². The van der Waals surface area contributed by atoms with Gasteiger partial charge in [0.2, 0.25) is 0 Å². The minimum atomic E-state index is -4.96. The Morgan fingerprint density at radius 1 is 1.00 bits per heavy atom. The SMILES string of the molecule is N=C(CCl)CCC(=N)C1=C(C(F)(F)F)C=C(C(F)(F)F)CC1. The molecule has 0 spiro atoms. The molecule has 0 saturated carbocycles. The van der Waals surface area contributed by atoms with Crippen molar-refractivity contribution in [3.63, 3.8) is 0 Å². The number of halogens is 7. The van der Waals surface area contributed by atoms with E-state index in [1.807, 2.05) is 0 Å². The Hall–Kier alpha value is -1.31. The fourth-order valence-corrected chi connectivity index (χ4v) is 2.15. The van der Waals surface area contributed by atoms with Crippen LogP contribution in [0.5, 0.6) is 0 Å². The lowest BCUT2D eigenvalue weighted by Gasteiger charge is -2.23. The first-order chi connectivity index (χ1) is 9.96. The number of alkyl halides is 7. The second-order valence-electron chi connectivity index (χ2n) is 4.77. The molecular weight excluding hydrogens is 334 g/mol. The zero-order chi connectivity index (χ0) is 17.1. The van der Waals surface area contributed by atoms with E-state index < -0.39 is 47.6 Å². The van der Waals surface area contributed by atoms with Crippen LogP contribution in [0.1, 0.15) is 25.7 Å². The van der Waals surface area contributed by atoms with Gasteiger partial charge in [0.25, 0.3) is 0 Å². The molecule has 0 heterocycles. The molecule has 0 saturated heterocycles. The lowest BCUT2D eigenvalue weighted by atomic mass is 9.87. The van der Waals surface area contributed by atoms with Crippen LogP contribution in [0.3, 0.4) is 0 Å². The highest BCUT2D eigenvalue weighted by molar-refractivity contribution is 6.28. The molecule has 0 fully saturated rings. The van der Waals surface area contributed by atoms with E-state index in [1.54, 1.807) is 0 Å². The largest absolute Gasteiger partial charge is 0.416 e. The summed E-state index contributed by atoms with van der Waals surface area (Å²) in [7, 11) is 0. The summed E-state index contributed by atoms with van der Waals surface area (Å²) < 4.78 is 76.6. The lowest BCUT2D eigenvalue weighted by molar-refractivity contribution is -0.0989. The number of hydrogen-bond acceptors (Lipinski definition) is 2. The van der Waals surface area contributed by atoms with Crippen molar-refractivity contribution in [3.8, 4) is 0 Å². The topological polar surface area (TPSA) is 47.7 Å². The monoisotopic (exact) mass is 346 g/mol. The van der Waals surface area contributed by atoms with Crippen molar-refractivity contribution in [1.82, 2.24) is 0 Å². The minimum absolute atomic E-state index is 0.00676. The van der Waals surface area contributed by atoms with Crippen molar-refractivity contribution >= 4 is 23.0 Å². The van der Waals surface area contributed by atoms with E-state index in [1.165, 1.54) is 0 Å². The molecule has 0 atom stereocenters. The third kappa shape index (κ3) is 4.86. The van der Waals surface area contributed by atoms with Crippen LogP contribution in [-0.4, -0.2) is 29.7 Å². The summed E-state index contributed by atoms with van der Waals surface area (Å²) in [6.45, 7) is 0. The average molecular weight is 347 g/mol. The van der Waals surface area contributed by atoms with Crippen molar-refractivity contribution < 1.29 is 26.3 Å². The normalized spacial score (nSPS) is 16.6. The van der Waals surface area contributed by atoms with Crippen LogP contribution in [-0.2, 0) is 0 Å². The molecule has 1 rings (SSSR count). The zero-order valence-electron chi connectivity index (χ0n) is 11.3. The highest BCUT2D eigenvalue weighted by atomic mass is 35.5. The van der Waals surface area contributed by atoms with E-state index in [2.05, 4.69) is 0 Å². The Balaban J connectivity index is 3.12. The Morgan fingerprint density at radius 2 is 1.59 bits per heavy atom. The van der Waals surface area contributed by atoms with Crippen molar-refractivity contribution in [3.05, 3.63) is 22.8 Å². The summed E-state index contributed by atoms with van der Waals surface area (Å²) in [5.74, 6) is -0.101. The summed E-state index contributed by atoms with van der Waals surface area (Å²) in [5, 5.41) is 15.0. The van der Waals surface area contributed by atoms with E-state index in [0.717, 1.165) is 0 Å². The molecule has 22 heavy (non-hydrogen) atoms. The predicted molar refractivity (Wildman–Crippen MR) is 71.9 cm³/mol. The summed E-state index contributed by atoms with van der Waals surface area (Å²) in [6, 6.07) is 0. The number of nitrogens with one attached hydrogen (secondary N) is 2. The van der Waals surface area contributed by atoms with Crippen LogP contribution in [0.2, 0.25) is 0 Å². The van der Waals surface area contributed by atoms with Crippen molar-refractivity contribution in [2.24, 2.45) is 0 Å². The molecule has 0 unspecified atom stereocenters. The zero-order valence-corrected chi connectivity index (χ0v) is 12.0. The Labute approximate surface area is 127 Å². The maximum Gasteiger partial charge on any atom is 0.416 e. The third-order valence-electron chi connectivity index (χ3n) is 3.16. The van der Waals surface area contributed by atoms with Gasteiger partial charge >= 0.3 is 12.4 Å². The first-order valence-electron chi connectivity index (χ1n) is 6.25. The second kappa shape index (κ2) is 6.85. The summed E-state index contributed by atoms with van der Waals surface area (Å²) in [4.78, 5) is 0. The molecule has 0 radical (unpaired) electrons. The number of rotatable bonds is 5. The maximum atomic E-state index is 12.9. The van der Waals surface area contributed by atoms with Crippen molar-refractivity contribution in [2.45, 2.75) is 38.0 Å². The van der Waals surface area contributed by atoms with E-state index >= 15 is 0 Å². The molecule has 124 valence electrons. The van der Waals surface area contributed by atoms with Gasteiger partial charge in [-0.25, -0.2) is 0 Å². The Bertz CT molecular complexity index is 528. The molecule has 9 heteroatoms. The highest BCUT2D eigenvalue weighted by Crippen LogP contribution is 2.41. The van der Waals surface area contributed by atoms with Gasteiger partial charge in [0.15, 0.2) is 0 Å². The molecule has 2 nitrogen and oxygen atoms in total. The first kappa shape index (κ1) is 18.7. The summed E-state index contributed by atoms with van der Waals surface area (Å²) >= 11 is 5.37. The molecule has 0 aromatic rings. The number of hydrogen-bond donors (Lipinski definition) is 2. The van der Waals surface area contributed by atoms with E-state index in [-0.39, 0.29) is 30.5 Å². The standard InChI is InChI=1S/C13H13ClF6N2/c14-6-8(21)2-4-11(22)9-3-1-7(12(15,16)17)5-10(9)13(18,19)20/h5,21-22H,1-4,6H2. The van der Waals surface area contributed by atoms with Crippen molar-refractivity contribution in [2.75, 3.05) is 5.88 Å². The number of allylic oxidation sites excluding steroid dienone is 4. The molecule has 0 bridgehead atoms.